The molecule has 0 radical (unpaired) electrons. The van der Waals surface area contributed by atoms with E-state index in [2.05, 4.69) is 43.4 Å². The van der Waals surface area contributed by atoms with E-state index in [1.807, 2.05) is 0 Å². The first-order chi connectivity index (χ1) is 8.80. The van der Waals surface area contributed by atoms with Crippen LogP contribution in [0.2, 0.25) is 0 Å². The number of aryl methyl sites for hydroxylation is 1. The van der Waals surface area contributed by atoms with Crippen molar-refractivity contribution in [1.29, 1.82) is 0 Å². The standard InChI is InChI=1S/C16H27NO/c1-4-14-6-8-16(9-7-14)12-15(5-2)13-17-10-11-18-3/h6-9,15,17H,4-5,10-13H2,1-3H3. The maximum Gasteiger partial charge on any atom is 0.0587 e. The maximum atomic E-state index is 5.04. The zero-order chi connectivity index (χ0) is 13.2. The first kappa shape index (κ1) is 15.2. The van der Waals surface area contributed by atoms with E-state index in [0.717, 1.165) is 26.1 Å². The highest BCUT2D eigenvalue weighted by Gasteiger charge is 2.07. The summed E-state index contributed by atoms with van der Waals surface area (Å²) in [5.74, 6) is 0.717. The van der Waals surface area contributed by atoms with Gasteiger partial charge in [0.15, 0.2) is 0 Å². The Morgan fingerprint density at radius 2 is 1.78 bits per heavy atom. The van der Waals surface area contributed by atoms with E-state index in [9.17, 15) is 0 Å². The van der Waals surface area contributed by atoms with Gasteiger partial charge in [-0.05, 0) is 36.4 Å². The molecule has 2 heteroatoms. The van der Waals surface area contributed by atoms with Crippen molar-refractivity contribution in [2.75, 3.05) is 26.8 Å². The molecule has 0 saturated carbocycles. The van der Waals surface area contributed by atoms with Gasteiger partial charge in [-0.2, -0.15) is 0 Å². The fourth-order valence-electron chi connectivity index (χ4n) is 2.09. The minimum atomic E-state index is 0.717. The summed E-state index contributed by atoms with van der Waals surface area (Å²) in [6, 6.07) is 9.05. The molecule has 102 valence electrons. The van der Waals surface area contributed by atoms with Gasteiger partial charge in [0.25, 0.3) is 0 Å². The van der Waals surface area contributed by atoms with Gasteiger partial charge in [-0.25, -0.2) is 0 Å². The predicted octanol–water partition coefficient (Wildman–Crippen LogP) is 3.05. The molecule has 0 spiro atoms. The van der Waals surface area contributed by atoms with E-state index in [4.69, 9.17) is 4.74 Å². The zero-order valence-electron chi connectivity index (χ0n) is 12.0. The lowest BCUT2D eigenvalue weighted by atomic mass is 9.96. The van der Waals surface area contributed by atoms with Crippen molar-refractivity contribution in [3.05, 3.63) is 35.4 Å². The van der Waals surface area contributed by atoms with Crippen molar-refractivity contribution >= 4 is 0 Å². The normalized spacial score (nSPS) is 12.6. The third-order valence-electron chi connectivity index (χ3n) is 3.45. The number of methoxy groups -OCH3 is 1. The van der Waals surface area contributed by atoms with Gasteiger partial charge < -0.3 is 10.1 Å². The number of hydrogen-bond donors (Lipinski definition) is 1. The van der Waals surface area contributed by atoms with Crippen LogP contribution in [0.1, 0.15) is 31.4 Å². The molecule has 1 rings (SSSR count). The second kappa shape index (κ2) is 9.12. The van der Waals surface area contributed by atoms with Gasteiger partial charge in [0.05, 0.1) is 6.61 Å². The van der Waals surface area contributed by atoms with E-state index in [0.29, 0.717) is 5.92 Å². The molecule has 1 aromatic rings. The van der Waals surface area contributed by atoms with Gasteiger partial charge in [0, 0.05) is 13.7 Å². The lowest BCUT2D eigenvalue weighted by molar-refractivity contribution is 0.197. The van der Waals surface area contributed by atoms with Crippen LogP contribution in [0.3, 0.4) is 0 Å². The largest absolute Gasteiger partial charge is 0.383 e. The Bertz CT molecular complexity index is 307. The molecule has 2 nitrogen and oxygen atoms in total. The van der Waals surface area contributed by atoms with Crippen LogP contribution in [0.15, 0.2) is 24.3 Å². The SMILES string of the molecule is CCc1ccc(CC(CC)CNCCOC)cc1. The van der Waals surface area contributed by atoms with Gasteiger partial charge in [-0.15, -0.1) is 0 Å². The van der Waals surface area contributed by atoms with Crippen molar-refractivity contribution in [2.24, 2.45) is 5.92 Å². The number of nitrogens with one attached hydrogen (secondary N) is 1. The summed E-state index contributed by atoms with van der Waals surface area (Å²) in [4.78, 5) is 0. The van der Waals surface area contributed by atoms with Gasteiger partial charge in [-0.3, -0.25) is 0 Å². The third kappa shape index (κ3) is 5.65. The summed E-state index contributed by atoms with van der Waals surface area (Å²) in [7, 11) is 1.74. The minimum Gasteiger partial charge on any atom is -0.383 e. The molecule has 1 unspecified atom stereocenters. The molecule has 1 aromatic carbocycles. The van der Waals surface area contributed by atoms with Crippen molar-refractivity contribution in [2.45, 2.75) is 33.1 Å². The number of rotatable bonds is 9. The topological polar surface area (TPSA) is 21.3 Å². The molecule has 0 bridgehead atoms. The fraction of sp³-hybridized carbons (Fsp3) is 0.625. The van der Waals surface area contributed by atoms with Crippen LogP contribution in [-0.4, -0.2) is 26.8 Å². The van der Waals surface area contributed by atoms with E-state index in [1.165, 1.54) is 24.0 Å². The fourth-order valence-corrected chi connectivity index (χ4v) is 2.09. The Balaban J connectivity index is 2.36. The van der Waals surface area contributed by atoms with E-state index >= 15 is 0 Å². The van der Waals surface area contributed by atoms with Crippen molar-refractivity contribution in [1.82, 2.24) is 5.32 Å². The summed E-state index contributed by atoms with van der Waals surface area (Å²) in [6.07, 6.45) is 3.51. The van der Waals surface area contributed by atoms with Gasteiger partial charge in [-0.1, -0.05) is 44.5 Å². The third-order valence-corrected chi connectivity index (χ3v) is 3.45. The van der Waals surface area contributed by atoms with Crippen LogP contribution in [0.25, 0.3) is 0 Å². The van der Waals surface area contributed by atoms with Crippen molar-refractivity contribution in [3.63, 3.8) is 0 Å². The average molecular weight is 249 g/mol. The average Bonchev–Trinajstić information content (AvgIpc) is 2.43. The summed E-state index contributed by atoms with van der Waals surface area (Å²) >= 11 is 0. The van der Waals surface area contributed by atoms with Crippen LogP contribution >= 0.6 is 0 Å². The van der Waals surface area contributed by atoms with Gasteiger partial charge >= 0.3 is 0 Å². The highest BCUT2D eigenvalue weighted by Crippen LogP contribution is 2.13. The molecule has 18 heavy (non-hydrogen) atoms. The van der Waals surface area contributed by atoms with Crippen molar-refractivity contribution < 1.29 is 4.74 Å². The van der Waals surface area contributed by atoms with E-state index in [1.54, 1.807) is 7.11 Å². The highest BCUT2D eigenvalue weighted by molar-refractivity contribution is 5.22. The molecular weight excluding hydrogens is 222 g/mol. The Labute approximate surface area is 112 Å². The molecule has 0 saturated heterocycles. The lowest BCUT2D eigenvalue weighted by Crippen LogP contribution is -2.27. The van der Waals surface area contributed by atoms with Gasteiger partial charge in [0.2, 0.25) is 0 Å². The molecule has 0 amide bonds. The Hall–Kier alpha value is -0.860. The van der Waals surface area contributed by atoms with Crippen LogP contribution in [-0.2, 0) is 17.6 Å². The molecule has 1 N–H and O–H groups in total. The van der Waals surface area contributed by atoms with E-state index in [-0.39, 0.29) is 0 Å². The van der Waals surface area contributed by atoms with Crippen LogP contribution < -0.4 is 5.32 Å². The summed E-state index contributed by atoms with van der Waals surface area (Å²) in [6.45, 7) is 7.28. The van der Waals surface area contributed by atoms with Gasteiger partial charge in [0.1, 0.15) is 0 Å². The monoisotopic (exact) mass is 249 g/mol. The second-order valence-corrected chi connectivity index (χ2v) is 4.85. The smallest absolute Gasteiger partial charge is 0.0587 e. The summed E-state index contributed by atoms with van der Waals surface area (Å²) in [5, 5.41) is 3.46. The minimum absolute atomic E-state index is 0.717. The molecule has 1 atom stereocenters. The molecule has 0 aromatic heterocycles. The Morgan fingerprint density at radius 1 is 1.11 bits per heavy atom. The van der Waals surface area contributed by atoms with Crippen LogP contribution in [0.4, 0.5) is 0 Å². The maximum absolute atomic E-state index is 5.04. The van der Waals surface area contributed by atoms with E-state index < -0.39 is 0 Å². The first-order valence-electron chi connectivity index (χ1n) is 7.07. The summed E-state index contributed by atoms with van der Waals surface area (Å²) < 4.78 is 5.04. The summed E-state index contributed by atoms with van der Waals surface area (Å²) in [5.41, 5.74) is 2.87. The Kier molecular flexibility index (Phi) is 7.70. The predicted molar refractivity (Wildman–Crippen MR) is 78.1 cm³/mol. The Morgan fingerprint density at radius 3 is 2.33 bits per heavy atom. The lowest BCUT2D eigenvalue weighted by Gasteiger charge is -2.16. The highest BCUT2D eigenvalue weighted by atomic mass is 16.5. The van der Waals surface area contributed by atoms with Crippen LogP contribution in [0, 0.1) is 5.92 Å². The molecule has 0 heterocycles. The molecular formula is C16H27NO. The van der Waals surface area contributed by atoms with Crippen LogP contribution in [0.5, 0.6) is 0 Å². The van der Waals surface area contributed by atoms with Crippen molar-refractivity contribution in [3.8, 4) is 0 Å². The number of benzene rings is 1. The molecule has 0 fully saturated rings. The molecule has 0 aliphatic rings. The number of ether oxygens (including phenoxy) is 1. The number of hydrogen-bond acceptors (Lipinski definition) is 2. The first-order valence-corrected chi connectivity index (χ1v) is 7.07. The second-order valence-electron chi connectivity index (χ2n) is 4.85. The molecule has 0 aliphatic heterocycles. The molecule has 0 aliphatic carbocycles. The zero-order valence-corrected chi connectivity index (χ0v) is 12.0. The quantitative estimate of drug-likeness (QED) is 0.679.